The lowest BCUT2D eigenvalue weighted by atomic mass is 9.66. The molecule has 0 radical (unpaired) electrons. The lowest BCUT2D eigenvalue weighted by Gasteiger charge is -2.39. The number of aryl methyl sites for hydroxylation is 2. The first kappa shape index (κ1) is 32.4. The molecule has 3 aliphatic rings. The number of hydrogen-bond acceptors (Lipinski definition) is 6. The first-order chi connectivity index (χ1) is 21.5. The Morgan fingerprint density at radius 2 is 1.76 bits per heavy atom. The third-order valence-electron chi connectivity index (χ3n) is 9.72. The fourth-order valence-electron chi connectivity index (χ4n) is 7.68. The van der Waals surface area contributed by atoms with E-state index >= 15 is 0 Å². The Labute approximate surface area is 266 Å². The van der Waals surface area contributed by atoms with Crippen molar-refractivity contribution in [2.24, 2.45) is 11.8 Å². The minimum atomic E-state index is -1.23. The second kappa shape index (κ2) is 12.4. The maximum atomic E-state index is 14.8. The Balaban J connectivity index is 1.59. The molecule has 2 unspecified atom stereocenters. The van der Waals surface area contributed by atoms with Crippen LogP contribution in [0.4, 0.5) is 11.4 Å². The summed E-state index contributed by atoms with van der Waals surface area (Å²) in [6.07, 6.45) is 4.26. The summed E-state index contributed by atoms with van der Waals surface area (Å²) in [7, 11) is 0. The monoisotopic (exact) mass is 615 g/mol. The molecule has 240 valence electrons. The van der Waals surface area contributed by atoms with Crippen molar-refractivity contribution in [3.05, 3.63) is 78.9 Å². The predicted octanol–water partition coefficient (Wildman–Crippen LogP) is 4.59. The number of likely N-dealkylation sites (tertiary alicyclic amines) is 1. The molecular weight excluding hydrogens is 570 g/mol. The Bertz CT molecular complexity index is 1490. The average Bonchev–Trinajstić information content (AvgIpc) is 3.60. The van der Waals surface area contributed by atoms with Gasteiger partial charge in [0.2, 0.25) is 11.8 Å². The van der Waals surface area contributed by atoms with Gasteiger partial charge in [-0.3, -0.25) is 14.4 Å². The number of rotatable bonds is 12. The Hall–Kier alpha value is -3.95. The van der Waals surface area contributed by atoms with E-state index in [2.05, 4.69) is 13.2 Å². The highest BCUT2D eigenvalue weighted by Crippen LogP contribution is 2.64. The van der Waals surface area contributed by atoms with Crippen LogP contribution in [0.2, 0.25) is 0 Å². The summed E-state index contributed by atoms with van der Waals surface area (Å²) >= 11 is 0. The molecule has 3 saturated heterocycles. The second-order valence-electron chi connectivity index (χ2n) is 12.7. The van der Waals surface area contributed by atoms with E-state index in [1.165, 1.54) is 4.90 Å². The van der Waals surface area contributed by atoms with Crippen LogP contribution in [0.5, 0.6) is 5.75 Å². The van der Waals surface area contributed by atoms with Crippen LogP contribution in [0.25, 0.3) is 0 Å². The van der Waals surface area contributed by atoms with E-state index in [9.17, 15) is 19.5 Å². The topological polar surface area (TPSA) is 99.6 Å². The van der Waals surface area contributed by atoms with Gasteiger partial charge in [0.05, 0.1) is 36.7 Å². The van der Waals surface area contributed by atoms with Crippen molar-refractivity contribution in [1.82, 2.24) is 4.90 Å². The maximum Gasteiger partial charge on any atom is 0.253 e. The summed E-state index contributed by atoms with van der Waals surface area (Å²) in [5.74, 6) is -1.97. The van der Waals surface area contributed by atoms with Crippen molar-refractivity contribution in [2.45, 2.75) is 70.7 Å². The van der Waals surface area contributed by atoms with Crippen molar-refractivity contribution >= 4 is 29.1 Å². The van der Waals surface area contributed by atoms with E-state index in [1.54, 1.807) is 28.9 Å². The molecule has 0 saturated carbocycles. The van der Waals surface area contributed by atoms with Crippen LogP contribution in [0.1, 0.15) is 44.7 Å². The summed E-state index contributed by atoms with van der Waals surface area (Å²) < 4.78 is 12.4. The zero-order valence-electron chi connectivity index (χ0n) is 27.0. The van der Waals surface area contributed by atoms with Crippen LogP contribution >= 0.6 is 0 Å². The Morgan fingerprint density at radius 1 is 1.09 bits per heavy atom. The van der Waals surface area contributed by atoms with Gasteiger partial charge >= 0.3 is 0 Å². The van der Waals surface area contributed by atoms with E-state index in [0.29, 0.717) is 30.9 Å². The number of aliphatic hydroxyl groups is 1. The van der Waals surface area contributed by atoms with Gasteiger partial charge < -0.3 is 29.3 Å². The van der Waals surface area contributed by atoms with Gasteiger partial charge in [-0.1, -0.05) is 24.3 Å². The Kier molecular flexibility index (Phi) is 8.97. The third-order valence-corrected chi connectivity index (χ3v) is 9.72. The first-order valence-electron chi connectivity index (χ1n) is 15.8. The van der Waals surface area contributed by atoms with Gasteiger partial charge in [0.15, 0.2) is 0 Å². The van der Waals surface area contributed by atoms with Crippen molar-refractivity contribution < 1.29 is 29.0 Å². The van der Waals surface area contributed by atoms with Gasteiger partial charge in [-0.2, -0.15) is 0 Å². The molecule has 2 aromatic carbocycles. The van der Waals surface area contributed by atoms with Crippen LogP contribution < -0.4 is 14.5 Å². The highest BCUT2D eigenvalue weighted by atomic mass is 16.5. The molecule has 1 N–H and O–H groups in total. The van der Waals surface area contributed by atoms with Crippen LogP contribution in [0, 0.1) is 25.7 Å². The van der Waals surface area contributed by atoms with Gasteiger partial charge in [0.25, 0.3) is 5.91 Å². The molecule has 0 aliphatic carbocycles. The highest BCUT2D eigenvalue weighted by molar-refractivity contribution is 6.07. The number of carbonyl (C=O) groups is 3. The van der Waals surface area contributed by atoms with Crippen LogP contribution in [0.3, 0.4) is 0 Å². The van der Waals surface area contributed by atoms with Gasteiger partial charge in [-0.15, -0.1) is 13.2 Å². The molecule has 9 heteroatoms. The average molecular weight is 616 g/mol. The quantitative estimate of drug-likeness (QED) is 0.351. The summed E-state index contributed by atoms with van der Waals surface area (Å²) in [6.45, 7) is 17.8. The van der Waals surface area contributed by atoms with Crippen LogP contribution in [-0.4, -0.2) is 77.3 Å². The first-order valence-corrected chi connectivity index (χ1v) is 15.8. The number of ether oxygens (including phenoxy) is 2. The number of fused-ring (bicyclic) bond motifs is 1. The molecule has 1 spiro atoms. The fourth-order valence-corrected chi connectivity index (χ4v) is 7.68. The van der Waals surface area contributed by atoms with Gasteiger partial charge in [-0.25, -0.2) is 0 Å². The maximum absolute atomic E-state index is 14.8. The molecule has 0 aromatic heterocycles. The van der Waals surface area contributed by atoms with Gasteiger partial charge in [0.1, 0.15) is 17.4 Å². The second-order valence-corrected chi connectivity index (χ2v) is 12.7. The number of aliphatic hydroxyl groups excluding tert-OH is 1. The number of benzene rings is 2. The lowest BCUT2D eigenvalue weighted by molar-refractivity contribution is -0.147. The predicted molar refractivity (Wildman–Crippen MR) is 174 cm³/mol. The zero-order chi connectivity index (χ0) is 32.7. The SMILES string of the molecule is C=CCN(C(=O)[C@H]1[C@H]2C(=O)N([C@H](C)CO)C(C(=O)N(CC=C)c3cc(C)ccc3C)C23CC[C@]1(C)O3)c1ccc(OCC)cc1. The number of nitrogens with zero attached hydrogens (tertiary/aromatic N) is 3. The van der Waals surface area contributed by atoms with Crippen molar-refractivity contribution in [3.8, 4) is 5.75 Å². The van der Waals surface area contributed by atoms with E-state index < -0.39 is 35.1 Å². The van der Waals surface area contributed by atoms with E-state index in [1.807, 2.05) is 70.2 Å². The number of anilines is 2. The summed E-state index contributed by atoms with van der Waals surface area (Å²) in [4.78, 5) is 48.8. The number of hydrogen-bond donors (Lipinski definition) is 1. The van der Waals surface area contributed by atoms with Crippen molar-refractivity contribution in [1.29, 1.82) is 0 Å². The van der Waals surface area contributed by atoms with Crippen molar-refractivity contribution in [3.63, 3.8) is 0 Å². The largest absolute Gasteiger partial charge is 0.494 e. The smallest absolute Gasteiger partial charge is 0.253 e. The molecule has 6 atom stereocenters. The molecule has 45 heavy (non-hydrogen) atoms. The summed E-state index contributed by atoms with van der Waals surface area (Å²) in [5.41, 5.74) is 1.07. The molecule has 9 nitrogen and oxygen atoms in total. The highest BCUT2D eigenvalue weighted by Gasteiger charge is 2.78. The van der Waals surface area contributed by atoms with E-state index in [0.717, 1.165) is 16.8 Å². The summed E-state index contributed by atoms with van der Waals surface area (Å²) in [6, 6.07) is 11.5. The normalized spacial score (nSPS) is 27.2. The molecule has 5 rings (SSSR count). The van der Waals surface area contributed by atoms with Gasteiger partial charge in [0, 0.05) is 24.5 Å². The minimum Gasteiger partial charge on any atom is -0.494 e. The Morgan fingerprint density at radius 3 is 2.38 bits per heavy atom. The van der Waals surface area contributed by atoms with Crippen LogP contribution in [-0.2, 0) is 19.1 Å². The molecule has 3 aliphatic heterocycles. The summed E-state index contributed by atoms with van der Waals surface area (Å²) in [5, 5.41) is 10.3. The zero-order valence-corrected chi connectivity index (χ0v) is 27.0. The lowest BCUT2D eigenvalue weighted by Crippen LogP contribution is -2.58. The minimum absolute atomic E-state index is 0.223. The standard InChI is InChI=1S/C36H45N3O6/c1-8-19-37(26-13-15-27(16-14-26)44-10-3)32(41)29-30-33(42)39(25(6)22-40)31(36(30)18-17-35(29,7)45-36)34(43)38(20-9-2)28-21-23(4)11-12-24(28)5/h8-9,11-16,21,25,29-31,40H,1-2,10,17-20,22H2,3-7H3/t25-,29-,30+,31?,35+,36?/m1/s1. The number of amides is 3. The molecule has 2 bridgehead atoms. The fraction of sp³-hybridized carbons (Fsp3) is 0.472. The van der Waals surface area contributed by atoms with E-state index in [-0.39, 0.29) is 37.4 Å². The van der Waals surface area contributed by atoms with Crippen molar-refractivity contribution in [2.75, 3.05) is 36.1 Å². The van der Waals surface area contributed by atoms with Gasteiger partial charge in [-0.05, 0) is 88.9 Å². The molecule has 3 heterocycles. The van der Waals surface area contributed by atoms with E-state index in [4.69, 9.17) is 9.47 Å². The molecule has 2 aromatic rings. The molecular formula is C36H45N3O6. The third kappa shape index (κ3) is 5.25. The molecule has 3 amide bonds. The number of carbonyl (C=O) groups excluding carboxylic acids is 3. The van der Waals surface area contributed by atoms with Crippen LogP contribution in [0.15, 0.2) is 67.8 Å². The molecule has 3 fully saturated rings.